The minimum absolute atomic E-state index is 0.165. The van der Waals surface area contributed by atoms with Gasteiger partial charge in [0.2, 0.25) is 5.91 Å². The molecule has 1 aromatic rings. The Morgan fingerprint density at radius 2 is 1.83 bits per heavy atom. The molecule has 8 heteroatoms. The molecule has 1 amide bonds. The van der Waals surface area contributed by atoms with Crippen molar-refractivity contribution in [1.82, 2.24) is 24.7 Å². The van der Waals surface area contributed by atoms with Crippen molar-refractivity contribution in [2.45, 2.75) is 44.3 Å². The predicted octanol–water partition coefficient (Wildman–Crippen LogP) is 2.13. The number of hydrogen-bond donors (Lipinski definition) is 0. The third-order valence-electron chi connectivity index (χ3n) is 6.64. The number of ether oxygens (including phenoxy) is 1. The molecule has 4 rings (SSSR count). The van der Waals surface area contributed by atoms with Crippen molar-refractivity contribution in [2.24, 2.45) is 5.41 Å². The lowest BCUT2D eigenvalue weighted by molar-refractivity contribution is -0.135. The SMILES string of the molecule is CCCCSc1ncc(CN2CCC3(CCN(CCN4CCOCC4)C3=O)C2)cn1. The van der Waals surface area contributed by atoms with Gasteiger partial charge in [0.1, 0.15) is 0 Å². The van der Waals surface area contributed by atoms with E-state index in [0.717, 1.165) is 94.9 Å². The largest absolute Gasteiger partial charge is 0.379 e. The monoisotopic (exact) mass is 433 g/mol. The van der Waals surface area contributed by atoms with Crippen LogP contribution in [0.25, 0.3) is 0 Å². The molecule has 0 N–H and O–H groups in total. The van der Waals surface area contributed by atoms with Gasteiger partial charge in [-0.1, -0.05) is 25.1 Å². The first kappa shape index (κ1) is 22.0. The Bertz CT molecular complexity index is 697. The number of hydrogen-bond acceptors (Lipinski definition) is 7. The smallest absolute Gasteiger partial charge is 0.230 e. The molecule has 3 saturated heterocycles. The summed E-state index contributed by atoms with van der Waals surface area (Å²) in [6.07, 6.45) is 8.28. The van der Waals surface area contributed by atoms with Crippen molar-refractivity contribution in [3.05, 3.63) is 18.0 Å². The highest BCUT2D eigenvalue weighted by Gasteiger charge is 2.50. The number of thioether (sulfide) groups is 1. The fourth-order valence-electron chi connectivity index (χ4n) is 4.73. The number of rotatable bonds is 9. The Labute approximate surface area is 184 Å². The zero-order chi connectivity index (χ0) is 20.8. The van der Waals surface area contributed by atoms with Crippen molar-refractivity contribution in [3.63, 3.8) is 0 Å². The summed E-state index contributed by atoms with van der Waals surface area (Å²) in [7, 11) is 0. The number of carbonyl (C=O) groups excluding carboxylic acids is 1. The second-order valence-corrected chi connectivity index (χ2v) is 9.88. The van der Waals surface area contributed by atoms with Gasteiger partial charge in [0.15, 0.2) is 5.16 Å². The first-order valence-electron chi connectivity index (χ1n) is 11.4. The number of aromatic nitrogens is 2. The lowest BCUT2D eigenvalue weighted by Crippen LogP contribution is -2.43. The van der Waals surface area contributed by atoms with Gasteiger partial charge in [-0.25, -0.2) is 9.97 Å². The Balaban J connectivity index is 1.24. The van der Waals surface area contributed by atoms with Gasteiger partial charge in [-0.05, 0) is 25.8 Å². The number of amides is 1. The van der Waals surface area contributed by atoms with Gasteiger partial charge in [-0.3, -0.25) is 14.6 Å². The summed E-state index contributed by atoms with van der Waals surface area (Å²) < 4.78 is 5.42. The van der Waals surface area contributed by atoms with Gasteiger partial charge in [-0.15, -0.1) is 0 Å². The van der Waals surface area contributed by atoms with Crippen molar-refractivity contribution in [2.75, 3.05) is 64.8 Å². The van der Waals surface area contributed by atoms with E-state index < -0.39 is 0 Å². The van der Waals surface area contributed by atoms with E-state index in [1.165, 1.54) is 12.8 Å². The molecule has 0 radical (unpaired) electrons. The third kappa shape index (κ3) is 5.33. The number of likely N-dealkylation sites (tertiary alicyclic amines) is 2. The highest BCUT2D eigenvalue weighted by molar-refractivity contribution is 7.99. The van der Waals surface area contributed by atoms with E-state index in [1.54, 1.807) is 11.8 Å². The normalized spacial score (nSPS) is 25.6. The van der Waals surface area contributed by atoms with Crippen molar-refractivity contribution in [3.8, 4) is 0 Å². The van der Waals surface area contributed by atoms with Crippen molar-refractivity contribution in [1.29, 1.82) is 0 Å². The molecule has 166 valence electrons. The second kappa shape index (κ2) is 10.4. The van der Waals surface area contributed by atoms with Gasteiger partial charge in [0.25, 0.3) is 0 Å². The summed E-state index contributed by atoms with van der Waals surface area (Å²) in [6, 6.07) is 0. The standard InChI is InChI=1S/C22H35N5O2S/c1-2-3-14-30-21-23-15-19(16-24-21)17-26-6-4-22(18-26)5-7-27(20(22)28)9-8-25-10-12-29-13-11-25/h15-16H,2-14,17-18H2,1H3. The molecule has 0 aromatic carbocycles. The summed E-state index contributed by atoms with van der Waals surface area (Å²) in [5.41, 5.74) is 0.975. The van der Waals surface area contributed by atoms with Crippen LogP contribution in [0.1, 0.15) is 38.2 Å². The molecule has 0 aliphatic carbocycles. The van der Waals surface area contributed by atoms with Crippen LogP contribution in [-0.2, 0) is 16.1 Å². The zero-order valence-electron chi connectivity index (χ0n) is 18.2. The highest BCUT2D eigenvalue weighted by Crippen LogP contribution is 2.41. The summed E-state index contributed by atoms with van der Waals surface area (Å²) in [6.45, 7) is 11.2. The Kier molecular flexibility index (Phi) is 7.62. The van der Waals surface area contributed by atoms with Crippen LogP contribution < -0.4 is 0 Å². The molecule has 0 bridgehead atoms. The van der Waals surface area contributed by atoms with Crippen molar-refractivity contribution < 1.29 is 9.53 Å². The molecule has 3 fully saturated rings. The molecule has 1 unspecified atom stereocenters. The molecule has 1 aromatic heterocycles. The quantitative estimate of drug-likeness (QED) is 0.336. The maximum Gasteiger partial charge on any atom is 0.230 e. The molecule has 3 aliphatic heterocycles. The van der Waals surface area contributed by atoms with Crippen LogP contribution in [-0.4, -0.2) is 95.4 Å². The van der Waals surface area contributed by atoms with Gasteiger partial charge >= 0.3 is 0 Å². The molecule has 7 nitrogen and oxygen atoms in total. The van der Waals surface area contributed by atoms with Crippen LogP contribution in [0, 0.1) is 5.41 Å². The lowest BCUT2D eigenvalue weighted by Gasteiger charge is -2.29. The van der Waals surface area contributed by atoms with Crippen LogP contribution in [0.4, 0.5) is 0 Å². The van der Waals surface area contributed by atoms with Gasteiger partial charge in [0, 0.05) is 69.5 Å². The number of morpholine rings is 1. The van der Waals surface area contributed by atoms with Gasteiger partial charge in [-0.2, -0.15) is 0 Å². The average molecular weight is 434 g/mol. The van der Waals surface area contributed by atoms with Crippen LogP contribution >= 0.6 is 11.8 Å². The summed E-state index contributed by atoms with van der Waals surface area (Å²) in [5.74, 6) is 1.45. The number of nitrogens with zero attached hydrogens (tertiary/aromatic N) is 5. The van der Waals surface area contributed by atoms with E-state index in [2.05, 4.69) is 31.6 Å². The van der Waals surface area contributed by atoms with Crippen LogP contribution in [0.3, 0.4) is 0 Å². The number of unbranched alkanes of at least 4 members (excludes halogenated alkanes) is 1. The molecule has 4 heterocycles. The molecular weight excluding hydrogens is 398 g/mol. The molecule has 1 spiro atoms. The molecule has 3 aliphatic rings. The van der Waals surface area contributed by atoms with Gasteiger partial charge in [0.05, 0.1) is 18.6 Å². The van der Waals surface area contributed by atoms with E-state index in [1.807, 2.05) is 12.4 Å². The topological polar surface area (TPSA) is 61.8 Å². The van der Waals surface area contributed by atoms with E-state index in [-0.39, 0.29) is 5.41 Å². The minimum Gasteiger partial charge on any atom is -0.379 e. The molecule has 30 heavy (non-hydrogen) atoms. The Morgan fingerprint density at radius 3 is 2.60 bits per heavy atom. The van der Waals surface area contributed by atoms with Crippen LogP contribution in [0.15, 0.2) is 17.6 Å². The molecule has 0 saturated carbocycles. The average Bonchev–Trinajstić information content (AvgIpc) is 3.32. The first-order valence-corrected chi connectivity index (χ1v) is 12.4. The maximum atomic E-state index is 13.2. The van der Waals surface area contributed by atoms with Crippen molar-refractivity contribution >= 4 is 17.7 Å². The number of carbonyl (C=O) groups is 1. The van der Waals surface area contributed by atoms with Gasteiger partial charge < -0.3 is 9.64 Å². The van der Waals surface area contributed by atoms with E-state index >= 15 is 0 Å². The predicted molar refractivity (Wildman–Crippen MR) is 118 cm³/mol. The Morgan fingerprint density at radius 1 is 1.07 bits per heavy atom. The lowest BCUT2D eigenvalue weighted by atomic mass is 9.85. The van der Waals surface area contributed by atoms with E-state index in [4.69, 9.17) is 4.74 Å². The minimum atomic E-state index is -0.165. The molecule has 1 atom stereocenters. The first-order chi connectivity index (χ1) is 14.7. The van der Waals surface area contributed by atoms with Crippen LogP contribution in [0.5, 0.6) is 0 Å². The third-order valence-corrected chi connectivity index (χ3v) is 7.60. The van der Waals surface area contributed by atoms with E-state index in [9.17, 15) is 4.79 Å². The summed E-state index contributed by atoms with van der Waals surface area (Å²) >= 11 is 1.73. The maximum absolute atomic E-state index is 13.2. The second-order valence-electron chi connectivity index (χ2n) is 8.81. The fraction of sp³-hybridized carbons (Fsp3) is 0.773. The molecular formula is C22H35N5O2S. The van der Waals surface area contributed by atoms with E-state index in [0.29, 0.717) is 5.91 Å². The summed E-state index contributed by atoms with van der Waals surface area (Å²) in [5, 5.41) is 0.868. The fourth-order valence-corrected chi connectivity index (χ4v) is 5.60. The highest BCUT2D eigenvalue weighted by atomic mass is 32.2. The Hall–Kier alpha value is -1.22. The summed E-state index contributed by atoms with van der Waals surface area (Å²) in [4.78, 5) is 29.1. The zero-order valence-corrected chi connectivity index (χ0v) is 19.0. The van der Waals surface area contributed by atoms with Crippen LogP contribution in [0.2, 0.25) is 0 Å².